The molecule has 0 radical (unpaired) electrons. The van der Waals surface area contributed by atoms with Crippen molar-refractivity contribution in [2.75, 3.05) is 18.2 Å². The van der Waals surface area contributed by atoms with Crippen LogP contribution >= 0.6 is 15.9 Å². The molecule has 96 valence electrons. The predicted molar refractivity (Wildman–Crippen MR) is 79.5 cm³/mol. The van der Waals surface area contributed by atoms with Gasteiger partial charge in [0.15, 0.2) is 0 Å². The van der Waals surface area contributed by atoms with Crippen molar-refractivity contribution >= 4 is 33.0 Å². The van der Waals surface area contributed by atoms with E-state index in [0.717, 1.165) is 10.2 Å². The molecule has 0 bridgehead atoms. The second-order valence-electron chi connectivity index (χ2n) is 3.85. The number of halogens is 1. The number of methoxy groups -OCH3 is 1. The van der Waals surface area contributed by atoms with Gasteiger partial charge < -0.3 is 15.8 Å². The summed E-state index contributed by atoms with van der Waals surface area (Å²) >= 11 is 3.35. The summed E-state index contributed by atoms with van der Waals surface area (Å²) in [5.41, 5.74) is 8.36. The first-order chi connectivity index (χ1) is 9.15. The summed E-state index contributed by atoms with van der Waals surface area (Å²) in [6.07, 6.45) is 0. The minimum Gasteiger partial charge on any atom is -0.495 e. The van der Waals surface area contributed by atoms with Gasteiger partial charge in [-0.3, -0.25) is 0 Å². The summed E-state index contributed by atoms with van der Waals surface area (Å²) in [6, 6.07) is 12.9. The highest BCUT2D eigenvalue weighted by molar-refractivity contribution is 9.10. The van der Waals surface area contributed by atoms with Gasteiger partial charge in [0.25, 0.3) is 0 Å². The Morgan fingerprint density at radius 2 is 2.11 bits per heavy atom. The molecule has 0 aliphatic carbocycles. The number of hydrogen-bond donors (Lipinski definition) is 2. The first-order valence-electron chi connectivity index (χ1n) is 5.55. The molecule has 0 saturated heterocycles. The van der Waals surface area contributed by atoms with Crippen LogP contribution in [0.2, 0.25) is 0 Å². The number of nitrogens with two attached hydrogens (primary N) is 1. The minimum atomic E-state index is 0.502. The Hall–Kier alpha value is -2.19. The van der Waals surface area contributed by atoms with Crippen LogP contribution in [0.3, 0.4) is 0 Å². The van der Waals surface area contributed by atoms with Crippen molar-refractivity contribution in [1.82, 2.24) is 0 Å². The van der Waals surface area contributed by atoms with Crippen LogP contribution in [0, 0.1) is 11.3 Å². The van der Waals surface area contributed by atoms with Crippen molar-refractivity contribution in [2.24, 2.45) is 0 Å². The smallest absolute Gasteiger partial charge is 0.143 e. The van der Waals surface area contributed by atoms with Crippen LogP contribution in [0.25, 0.3) is 0 Å². The third kappa shape index (κ3) is 2.80. The lowest BCUT2D eigenvalue weighted by atomic mass is 10.1. The zero-order valence-corrected chi connectivity index (χ0v) is 11.9. The number of benzene rings is 2. The maximum absolute atomic E-state index is 9.15. The van der Waals surface area contributed by atoms with Crippen molar-refractivity contribution < 1.29 is 4.74 Å². The number of anilines is 3. The summed E-state index contributed by atoms with van der Waals surface area (Å²) in [7, 11) is 1.56. The van der Waals surface area contributed by atoms with E-state index < -0.39 is 0 Å². The fourth-order valence-corrected chi connectivity index (χ4v) is 2.08. The second kappa shape index (κ2) is 5.63. The number of nitrogens with one attached hydrogen (secondary N) is 1. The van der Waals surface area contributed by atoms with Gasteiger partial charge in [0.05, 0.1) is 29.7 Å². The highest BCUT2D eigenvalue weighted by Gasteiger charge is 2.10. The molecule has 0 fully saturated rings. The van der Waals surface area contributed by atoms with Crippen molar-refractivity contribution in [3.8, 4) is 11.8 Å². The molecule has 19 heavy (non-hydrogen) atoms. The Kier molecular flexibility index (Phi) is 3.93. The van der Waals surface area contributed by atoms with Gasteiger partial charge in [0, 0.05) is 4.47 Å². The van der Waals surface area contributed by atoms with Crippen molar-refractivity contribution in [3.63, 3.8) is 0 Å². The van der Waals surface area contributed by atoms with Gasteiger partial charge in [-0.15, -0.1) is 0 Å². The molecule has 0 unspecified atom stereocenters. The largest absolute Gasteiger partial charge is 0.495 e. The van der Waals surface area contributed by atoms with E-state index in [9.17, 15) is 0 Å². The van der Waals surface area contributed by atoms with Gasteiger partial charge >= 0.3 is 0 Å². The van der Waals surface area contributed by atoms with Crippen LogP contribution in [-0.2, 0) is 0 Å². The quantitative estimate of drug-likeness (QED) is 0.847. The zero-order chi connectivity index (χ0) is 13.8. The van der Waals surface area contributed by atoms with E-state index in [1.165, 1.54) is 0 Å². The average Bonchev–Trinajstić information content (AvgIpc) is 2.42. The molecule has 0 aromatic heterocycles. The van der Waals surface area contributed by atoms with E-state index in [1.54, 1.807) is 31.4 Å². The van der Waals surface area contributed by atoms with E-state index in [2.05, 4.69) is 27.3 Å². The van der Waals surface area contributed by atoms with Gasteiger partial charge in [0.2, 0.25) is 0 Å². The Bertz CT molecular complexity index is 650. The number of rotatable bonds is 3. The normalized spacial score (nSPS) is 9.74. The first kappa shape index (κ1) is 13.2. The van der Waals surface area contributed by atoms with Crippen molar-refractivity contribution in [3.05, 3.63) is 46.4 Å². The molecule has 2 rings (SSSR count). The summed E-state index contributed by atoms with van der Waals surface area (Å²) in [6.45, 7) is 0. The molecule has 0 spiro atoms. The molecule has 0 atom stereocenters. The summed E-state index contributed by atoms with van der Waals surface area (Å²) in [4.78, 5) is 0. The lowest BCUT2D eigenvalue weighted by Gasteiger charge is -2.14. The molecule has 3 N–H and O–H groups in total. The molecule has 0 saturated carbocycles. The third-order valence-electron chi connectivity index (χ3n) is 2.64. The Labute approximate surface area is 119 Å². The van der Waals surface area contributed by atoms with Crippen LogP contribution in [0.1, 0.15) is 5.56 Å². The number of para-hydroxylation sites is 1. The third-order valence-corrected chi connectivity index (χ3v) is 3.13. The molecule has 0 aliphatic rings. The zero-order valence-electron chi connectivity index (χ0n) is 10.3. The Morgan fingerprint density at radius 1 is 1.32 bits per heavy atom. The highest BCUT2D eigenvalue weighted by atomic mass is 79.9. The molecule has 0 amide bonds. The van der Waals surface area contributed by atoms with Gasteiger partial charge in [-0.05, 0) is 30.3 Å². The van der Waals surface area contributed by atoms with Crippen molar-refractivity contribution in [1.29, 1.82) is 5.26 Å². The molecule has 2 aromatic rings. The molecular formula is C14H12BrN3O. The number of nitrogens with zero attached hydrogens (tertiary/aromatic N) is 1. The topological polar surface area (TPSA) is 71.1 Å². The lowest BCUT2D eigenvalue weighted by Crippen LogP contribution is -2.00. The van der Waals surface area contributed by atoms with Gasteiger partial charge in [-0.25, -0.2) is 0 Å². The fraction of sp³-hybridized carbons (Fsp3) is 0.0714. The number of ether oxygens (including phenoxy) is 1. The van der Waals surface area contributed by atoms with Crippen LogP contribution < -0.4 is 15.8 Å². The molecule has 0 aliphatic heterocycles. The van der Waals surface area contributed by atoms with E-state index in [1.807, 2.05) is 12.1 Å². The summed E-state index contributed by atoms with van der Waals surface area (Å²) < 4.78 is 6.16. The standard InChI is InChI=1S/C14H12BrN3O/c1-19-13-4-2-3-9(8-16)14(13)18-12-6-5-10(15)7-11(12)17/h2-7,18H,17H2,1H3. The number of nitrogen functional groups attached to an aromatic ring is 1. The first-order valence-corrected chi connectivity index (χ1v) is 6.34. The van der Waals surface area contributed by atoms with E-state index in [-0.39, 0.29) is 0 Å². The van der Waals surface area contributed by atoms with Gasteiger partial charge in [-0.1, -0.05) is 22.0 Å². The summed E-state index contributed by atoms with van der Waals surface area (Å²) in [5.74, 6) is 0.598. The van der Waals surface area contributed by atoms with E-state index >= 15 is 0 Å². The summed E-state index contributed by atoms with van der Waals surface area (Å²) in [5, 5.41) is 12.3. The van der Waals surface area contributed by atoms with Crippen LogP contribution in [0.4, 0.5) is 17.1 Å². The predicted octanol–water partition coefficient (Wildman–Crippen LogP) is 3.66. The molecular weight excluding hydrogens is 306 g/mol. The fourth-order valence-electron chi connectivity index (χ4n) is 1.71. The highest BCUT2D eigenvalue weighted by Crippen LogP contribution is 2.33. The van der Waals surface area contributed by atoms with Crippen LogP contribution in [0.5, 0.6) is 5.75 Å². The SMILES string of the molecule is COc1cccc(C#N)c1Nc1ccc(Br)cc1N. The second-order valence-corrected chi connectivity index (χ2v) is 4.77. The van der Waals surface area contributed by atoms with Crippen molar-refractivity contribution in [2.45, 2.75) is 0 Å². The number of hydrogen-bond acceptors (Lipinski definition) is 4. The Balaban J connectivity index is 2.46. The van der Waals surface area contributed by atoms with E-state index in [4.69, 9.17) is 15.7 Å². The Morgan fingerprint density at radius 3 is 2.74 bits per heavy atom. The number of nitriles is 1. The average molecular weight is 318 g/mol. The van der Waals surface area contributed by atoms with Gasteiger partial charge in [-0.2, -0.15) is 5.26 Å². The van der Waals surface area contributed by atoms with Crippen LogP contribution in [-0.4, -0.2) is 7.11 Å². The molecule has 0 heterocycles. The lowest BCUT2D eigenvalue weighted by molar-refractivity contribution is 0.416. The molecule has 2 aromatic carbocycles. The maximum atomic E-state index is 9.15. The van der Waals surface area contributed by atoms with E-state index in [0.29, 0.717) is 22.7 Å². The molecule has 5 heteroatoms. The minimum absolute atomic E-state index is 0.502. The van der Waals surface area contributed by atoms with Crippen LogP contribution in [0.15, 0.2) is 40.9 Å². The monoisotopic (exact) mass is 317 g/mol. The molecule has 4 nitrogen and oxygen atoms in total. The maximum Gasteiger partial charge on any atom is 0.143 e. The van der Waals surface area contributed by atoms with Gasteiger partial charge in [0.1, 0.15) is 11.8 Å².